The molecule has 0 aliphatic carbocycles. The van der Waals surface area contributed by atoms with E-state index in [4.69, 9.17) is 16.3 Å². The molecule has 2 rings (SSSR count). The Morgan fingerprint density at radius 2 is 1.70 bits per heavy atom. The number of ether oxygens (including phenoxy) is 1. The molecule has 0 radical (unpaired) electrons. The Kier molecular flexibility index (Phi) is 5.68. The molecule has 0 amide bonds. The summed E-state index contributed by atoms with van der Waals surface area (Å²) in [7, 11) is -3.57. The van der Waals surface area contributed by atoms with Crippen LogP contribution in [0.2, 0.25) is 5.02 Å². The summed E-state index contributed by atoms with van der Waals surface area (Å²) in [5, 5.41) is 0.501. The van der Waals surface area contributed by atoms with Crippen molar-refractivity contribution < 1.29 is 13.2 Å². The van der Waals surface area contributed by atoms with E-state index in [-0.39, 0.29) is 13.2 Å². The van der Waals surface area contributed by atoms with Gasteiger partial charge in [-0.05, 0) is 44.0 Å². The predicted molar refractivity (Wildman–Crippen MR) is 92.8 cm³/mol. The van der Waals surface area contributed by atoms with Gasteiger partial charge in [-0.2, -0.15) is 0 Å². The molecule has 124 valence electrons. The fraction of sp³-hybridized carbons (Fsp3) is 0.294. The molecule has 6 heteroatoms. The maximum absolute atomic E-state index is 12.5. The highest BCUT2D eigenvalue weighted by Gasteiger charge is 2.19. The van der Waals surface area contributed by atoms with Crippen molar-refractivity contribution in [1.29, 1.82) is 0 Å². The molecule has 0 aromatic heterocycles. The van der Waals surface area contributed by atoms with Crippen LogP contribution in [0.3, 0.4) is 0 Å². The van der Waals surface area contributed by atoms with Crippen LogP contribution in [0, 0.1) is 20.8 Å². The Morgan fingerprint density at radius 3 is 2.30 bits per heavy atom. The third-order valence-electron chi connectivity index (χ3n) is 3.36. The number of benzene rings is 2. The zero-order valence-corrected chi connectivity index (χ0v) is 15.0. The van der Waals surface area contributed by atoms with Crippen LogP contribution in [-0.4, -0.2) is 21.6 Å². The lowest BCUT2D eigenvalue weighted by Gasteiger charge is -2.13. The second-order valence-corrected chi connectivity index (χ2v) is 7.52. The normalized spacial score (nSPS) is 11.5. The molecule has 0 aliphatic heterocycles. The van der Waals surface area contributed by atoms with Crippen LogP contribution < -0.4 is 9.46 Å². The molecule has 0 unspecified atom stereocenters. The lowest BCUT2D eigenvalue weighted by atomic mass is 10.1. The summed E-state index contributed by atoms with van der Waals surface area (Å²) in [6.45, 7) is 5.91. The van der Waals surface area contributed by atoms with Crippen LogP contribution in [0.25, 0.3) is 0 Å². The maximum atomic E-state index is 12.5. The molecule has 0 heterocycles. The summed E-state index contributed by atoms with van der Waals surface area (Å²) >= 11 is 5.98. The van der Waals surface area contributed by atoms with E-state index in [2.05, 4.69) is 4.72 Å². The van der Waals surface area contributed by atoms with Gasteiger partial charge in [0.25, 0.3) is 0 Å². The Morgan fingerprint density at radius 1 is 1.09 bits per heavy atom. The van der Waals surface area contributed by atoms with E-state index in [0.29, 0.717) is 15.7 Å². The van der Waals surface area contributed by atoms with Gasteiger partial charge >= 0.3 is 0 Å². The van der Waals surface area contributed by atoms with Gasteiger partial charge in [-0.25, -0.2) is 13.1 Å². The number of nitrogens with one attached hydrogen (secondary N) is 1. The van der Waals surface area contributed by atoms with Crippen molar-refractivity contribution in [3.05, 3.63) is 58.1 Å². The summed E-state index contributed by atoms with van der Waals surface area (Å²) in [6.07, 6.45) is 0. The molecular weight excluding hydrogens is 334 g/mol. The van der Waals surface area contributed by atoms with Crippen molar-refractivity contribution in [3.8, 4) is 5.75 Å². The first-order chi connectivity index (χ1) is 10.8. The van der Waals surface area contributed by atoms with Gasteiger partial charge in [0.05, 0.1) is 9.92 Å². The van der Waals surface area contributed by atoms with Gasteiger partial charge in [0.2, 0.25) is 10.0 Å². The summed E-state index contributed by atoms with van der Waals surface area (Å²) in [6, 6.07) is 10.8. The predicted octanol–water partition coefficient (Wildman–Crippen LogP) is 3.62. The average Bonchev–Trinajstić information content (AvgIpc) is 2.43. The molecular formula is C17H20ClNO3S. The number of rotatable bonds is 6. The Bertz CT molecular complexity index is 780. The first kappa shape index (κ1) is 17.8. The fourth-order valence-electron chi connectivity index (χ4n) is 2.56. The molecule has 0 fully saturated rings. The summed E-state index contributed by atoms with van der Waals surface area (Å²) < 4.78 is 33.0. The van der Waals surface area contributed by atoms with Crippen LogP contribution in [0.15, 0.2) is 41.3 Å². The first-order valence-corrected chi connectivity index (χ1v) is 9.12. The van der Waals surface area contributed by atoms with Crippen molar-refractivity contribution >= 4 is 21.6 Å². The van der Waals surface area contributed by atoms with E-state index in [1.807, 2.05) is 25.1 Å². The second kappa shape index (κ2) is 7.34. The van der Waals surface area contributed by atoms with Crippen molar-refractivity contribution in [2.75, 3.05) is 13.2 Å². The van der Waals surface area contributed by atoms with Gasteiger partial charge < -0.3 is 4.74 Å². The van der Waals surface area contributed by atoms with E-state index >= 15 is 0 Å². The molecule has 2 aromatic carbocycles. The molecule has 0 bridgehead atoms. The fourth-order valence-corrected chi connectivity index (χ4v) is 4.21. The average molecular weight is 354 g/mol. The quantitative estimate of drug-likeness (QED) is 0.807. The number of hydrogen-bond donors (Lipinski definition) is 1. The Labute approximate surface area is 142 Å². The topological polar surface area (TPSA) is 55.4 Å². The van der Waals surface area contributed by atoms with Gasteiger partial charge in [0.15, 0.2) is 0 Å². The van der Waals surface area contributed by atoms with Crippen molar-refractivity contribution in [2.45, 2.75) is 25.7 Å². The first-order valence-electron chi connectivity index (χ1n) is 7.26. The molecule has 0 spiro atoms. The van der Waals surface area contributed by atoms with Crippen molar-refractivity contribution in [3.63, 3.8) is 0 Å². The molecule has 0 saturated heterocycles. The van der Waals surface area contributed by atoms with E-state index in [1.165, 1.54) is 0 Å². The number of para-hydroxylation sites is 1. The summed E-state index contributed by atoms with van der Waals surface area (Å²) in [4.78, 5) is 0.334. The van der Waals surface area contributed by atoms with Crippen LogP contribution in [-0.2, 0) is 10.0 Å². The van der Waals surface area contributed by atoms with Crippen molar-refractivity contribution in [2.24, 2.45) is 0 Å². The third kappa shape index (κ3) is 4.47. The molecule has 0 saturated carbocycles. The minimum Gasteiger partial charge on any atom is -0.491 e. The van der Waals surface area contributed by atoms with Gasteiger partial charge in [-0.15, -0.1) is 0 Å². The van der Waals surface area contributed by atoms with Crippen LogP contribution in [0.1, 0.15) is 16.7 Å². The van der Waals surface area contributed by atoms with E-state index in [1.54, 1.807) is 32.0 Å². The SMILES string of the molecule is Cc1cc(C)c(S(=O)(=O)NCCOc2ccccc2Cl)c(C)c1. The largest absolute Gasteiger partial charge is 0.491 e. The zero-order valence-electron chi connectivity index (χ0n) is 13.4. The molecule has 23 heavy (non-hydrogen) atoms. The third-order valence-corrected chi connectivity index (χ3v) is 5.44. The number of hydrogen-bond acceptors (Lipinski definition) is 3. The molecule has 0 aliphatic rings. The highest BCUT2D eigenvalue weighted by Crippen LogP contribution is 2.23. The number of sulfonamides is 1. The monoisotopic (exact) mass is 353 g/mol. The second-order valence-electron chi connectivity index (χ2n) is 5.40. The van der Waals surface area contributed by atoms with E-state index < -0.39 is 10.0 Å². The summed E-state index contributed by atoms with van der Waals surface area (Å²) in [5.41, 5.74) is 2.52. The molecule has 2 aromatic rings. The van der Waals surface area contributed by atoms with E-state index in [9.17, 15) is 8.42 Å². The van der Waals surface area contributed by atoms with Crippen LogP contribution in [0.4, 0.5) is 0 Å². The Balaban J connectivity index is 2.02. The van der Waals surface area contributed by atoms with Gasteiger partial charge in [0, 0.05) is 6.54 Å². The van der Waals surface area contributed by atoms with Gasteiger partial charge in [-0.1, -0.05) is 41.4 Å². The van der Waals surface area contributed by atoms with Gasteiger partial charge in [-0.3, -0.25) is 0 Å². The Hall–Kier alpha value is -1.56. The number of aryl methyl sites for hydroxylation is 3. The molecule has 1 N–H and O–H groups in total. The van der Waals surface area contributed by atoms with E-state index in [0.717, 1.165) is 16.7 Å². The molecule has 4 nitrogen and oxygen atoms in total. The maximum Gasteiger partial charge on any atom is 0.241 e. The molecule has 0 atom stereocenters. The smallest absolute Gasteiger partial charge is 0.241 e. The number of halogens is 1. The highest BCUT2D eigenvalue weighted by molar-refractivity contribution is 7.89. The standard InChI is InChI=1S/C17H20ClNO3S/c1-12-10-13(2)17(14(3)11-12)23(20,21)19-8-9-22-16-7-5-4-6-15(16)18/h4-7,10-11,19H,8-9H2,1-3H3. The van der Waals surface area contributed by atoms with Crippen LogP contribution in [0.5, 0.6) is 5.75 Å². The zero-order chi connectivity index (χ0) is 17.0. The van der Waals surface area contributed by atoms with Gasteiger partial charge in [0.1, 0.15) is 12.4 Å². The van der Waals surface area contributed by atoms with Crippen molar-refractivity contribution in [1.82, 2.24) is 4.72 Å². The van der Waals surface area contributed by atoms with Crippen LogP contribution >= 0.6 is 11.6 Å². The lowest BCUT2D eigenvalue weighted by Crippen LogP contribution is -2.29. The summed E-state index contributed by atoms with van der Waals surface area (Å²) in [5.74, 6) is 0.538. The lowest BCUT2D eigenvalue weighted by molar-refractivity contribution is 0.323. The minimum absolute atomic E-state index is 0.167. The highest BCUT2D eigenvalue weighted by atomic mass is 35.5. The minimum atomic E-state index is -3.57.